The third kappa shape index (κ3) is 52.9. The summed E-state index contributed by atoms with van der Waals surface area (Å²) in [5.74, 6) is 0. The molecule has 0 radical (unpaired) electrons. The molecule has 0 aromatic heterocycles. The van der Waals surface area contributed by atoms with Gasteiger partial charge in [-0.05, 0) is 344 Å². The quantitative estimate of drug-likeness (QED) is 0.0451. The highest BCUT2D eigenvalue weighted by Gasteiger charge is 2.58. The molecule has 0 spiro atoms. The zero-order valence-corrected chi connectivity index (χ0v) is 100. The predicted molar refractivity (Wildman–Crippen MR) is 510 cm³/mol. The zero-order valence-electron chi connectivity index (χ0n) is 73.7. The molecule has 1 aromatic rings. The first-order valence-electron chi connectivity index (χ1n) is 39.4. The van der Waals surface area contributed by atoms with Crippen molar-refractivity contribution >= 4 is 216 Å². The molecule has 0 amide bonds. The Balaban J connectivity index is 4.47. The largest absolute Gasteiger partial charge is 0.469 e. The van der Waals surface area contributed by atoms with Crippen LogP contribution in [0.4, 0.5) is 0 Å². The molecule has 0 aliphatic heterocycles. The van der Waals surface area contributed by atoms with E-state index in [1.165, 1.54) is 29.7 Å². The molecule has 102 heavy (non-hydrogen) atoms. The number of benzene rings is 1. The summed E-state index contributed by atoms with van der Waals surface area (Å²) in [5.41, 5.74) is 2.39. The lowest BCUT2D eigenvalue weighted by atomic mass is 10.1. The fourth-order valence-corrected chi connectivity index (χ4v) is 105. The van der Waals surface area contributed by atoms with Crippen molar-refractivity contribution in [2.24, 2.45) is 0 Å². The van der Waals surface area contributed by atoms with Crippen LogP contribution in [0.15, 0.2) is 30.8 Å². The number of rotatable bonds is 58. The summed E-state index contributed by atoms with van der Waals surface area (Å²) in [5, 5.41) is 0. The van der Waals surface area contributed by atoms with Crippen molar-refractivity contribution in [1.82, 2.24) is 0 Å². The van der Waals surface area contributed by atoms with Gasteiger partial charge < -0.3 is 61.7 Å². The molecule has 0 unspecified atom stereocenters. The van der Waals surface area contributed by atoms with Crippen molar-refractivity contribution in [2.75, 3.05) is 0 Å². The lowest BCUT2D eigenvalue weighted by molar-refractivity contribution is 0.237. The van der Waals surface area contributed by atoms with Crippen LogP contribution in [0, 0.1) is 0 Å². The second-order valence-corrected chi connectivity index (χ2v) is 129. The van der Waals surface area contributed by atoms with Gasteiger partial charge in [0.2, 0.25) is 0 Å². The highest BCUT2D eigenvalue weighted by molar-refractivity contribution is 6.95. The molecule has 39 heteroatoms. The summed E-state index contributed by atoms with van der Waals surface area (Å²) in [4.78, 5) is 0. The molecule has 0 atom stereocenters. The van der Waals surface area contributed by atoms with Gasteiger partial charge in [0.15, 0.2) is 125 Å². The van der Waals surface area contributed by atoms with Crippen LogP contribution in [0.5, 0.6) is 0 Å². The third-order valence-corrected chi connectivity index (χ3v) is 97.4. The molecule has 1 rings (SSSR count). The minimum Gasteiger partial charge on any atom is -0.461 e. The molecule has 0 heterocycles. The van der Waals surface area contributed by atoms with Gasteiger partial charge in [0.1, 0.15) is 58.6 Å². The van der Waals surface area contributed by atoms with E-state index in [9.17, 15) is 0 Å². The minimum atomic E-state index is -3.65. The molecule has 0 fully saturated rings. The van der Waals surface area contributed by atoms with E-state index in [1.807, 2.05) is 6.08 Å². The predicted octanol–water partition coefficient (Wildman–Crippen LogP) is 18.4. The SMILES string of the molecule is C=Cc1ccc(CC[Si](O[Si](C)(C)CC[SiH2]O[Si](C)(C)CC[SiH2]O[Si](C)(C)C)(O[Si](C)(C)CC[SiH2]O[Si](C)(C)CC[SiH2]O[Si](C)(C)C)O[Si](C)(C)CC[Si](O[Si](C)(C)CC[SiH2]O[Si](C)(C)C)(O[Si](C)(C)CC[SiH2]O[Si](C)(C)C)O[Si](C)(C)CC[Si](O[Si](C)(C)C)(O[Si](C)(C)C)O[Si](C)(C)C)cc1. The summed E-state index contributed by atoms with van der Waals surface area (Å²) in [7, 11) is -46.7. The Morgan fingerprint density at radius 3 is 0.667 bits per heavy atom. The number of hydrogen-bond donors (Lipinski definition) is 0. The fourth-order valence-electron chi connectivity index (χ4n) is 12.2. The molecule has 0 aliphatic carbocycles. The Morgan fingerprint density at radius 1 is 0.235 bits per heavy atom. The van der Waals surface area contributed by atoms with Gasteiger partial charge in [-0.15, -0.1) is 0 Å². The van der Waals surface area contributed by atoms with Gasteiger partial charge in [0.05, 0.1) is 0 Å². The van der Waals surface area contributed by atoms with Crippen LogP contribution in [0.2, 0.25) is 345 Å². The van der Waals surface area contributed by atoms with Crippen molar-refractivity contribution in [1.29, 1.82) is 0 Å². The second kappa shape index (κ2) is 43.0. The van der Waals surface area contributed by atoms with E-state index in [-0.39, 0.29) is 0 Å². The third-order valence-electron chi connectivity index (χ3n) is 16.6. The average Bonchev–Trinajstić information content (AvgIpc) is 0.777. The minimum absolute atomic E-state index is 0.530. The summed E-state index contributed by atoms with van der Waals surface area (Å²) in [6, 6.07) is 25.8. The lowest BCUT2D eigenvalue weighted by Gasteiger charge is -2.48. The Hall–Kier alpha value is 3.57. The van der Waals surface area contributed by atoms with Gasteiger partial charge in [-0.3, -0.25) is 0 Å². The maximum absolute atomic E-state index is 8.38. The summed E-state index contributed by atoms with van der Waals surface area (Å²) < 4.78 is 112. The van der Waals surface area contributed by atoms with Crippen LogP contribution < -0.4 is 0 Å². The maximum atomic E-state index is 8.38. The fraction of sp³-hybridized carbons (Fsp3) is 0.873. The van der Waals surface area contributed by atoms with Gasteiger partial charge in [0, 0.05) is 18.1 Å². The Kier molecular flexibility index (Phi) is 43.6. The summed E-state index contributed by atoms with van der Waals surface area (Å²) in [6.07, 6.45) is 2.74. The van der Waals surface area contributed by atoms with E-state index in [4.69, 9.17) is 61.7 Å². The van der Waals surface area contributed by atoms with Crippen molar-refractivity contribution in [2.45, 2.75) is 351 Å². The molecule has 0 saturated heterocycles. The van der Waals surface area contributed by atoms with Crippen LogP contribution in [0.1, 0.15) is 11.1 Å². The van der Waals surface area contributed by atoms with Gasteiger partial charge in [-0.25, -0.2) is 0 Å². The first kappa shape index (κ1) is 104. The van der Waals surface area contributed by atoms with Crippen LogP contribution in [0.25, 0.3) is 6.08 Å². The molecule has 0 N–H and O–H groups in total. The van der Waals surface area contributed by atoms with Gasteiger partial charge in [0.25, 0.3) is 0 Å². The first-order valence-corrected chi connectivity index (χ1v) is 103. The molecule has 0 saturated carbocycles. The lowest BCUT2D eigenvalue weighted by Crippen LogP contribution is -2.64. The van der Waals surface area contributed by atoms with Gasteiger partial charge >= 0.3 is 26.4 Å². The van der Waals surface area contributed by atoms with E-state index >= 15 is 0 Å². The average molecular weight is 1840 g/mol. The standard InChI is InChI=1S/C63H166O15Si24/c1-39-62-40-42-63(43-41-62)44-51-100(73-94(27,28)56-49-83-68-92(23,24)52-45-79-64-85(2,3)4,74-95(29,30)57-50-84-69-93(25,26)53-46-80-65-86(5,6)7)77-98(35,36)59-61-102(75-96(31,32)54-47-81-66-87(8,9)10,76-97(33,34)55-48-82-67-88(11,12)13)78-99(37,38)58-60-101(70-89(14,15)16,71-90(17,18)19)72-91(20,21)22/h39-43H,1,44-61,79-84H2,2-38H3. The Morgan fingerprint density at radius 2 is 0.441 bits per heavy atom. The summed E-state index contributed by atoms with van der Waals surface area (Å²) in [6.45, 7) is 91.7. The molecule has 15 nitrogen and oxygen atoms in total. The highest BCUT2D eigenvalue weighted by Crippen LogP contribution is 2.41. The van der Waals surface area contributed by atoms with E-state index in [0.717, 1.165) is 72.4 Å². The Bertz CT molecular complexity index is 2410. The summed E-state index contributed by atoms with van der Waals surface area (Å²) >= 11 is 0. The molecule has 1 aromatic carbocycles. The van der Waals surface area contributed by atoms with Crippen LogP contribution >= 0.6 is 0 Å². The van der Waals surface area contributed by atoms with Crippen LogP contribution in [-0.4, -0.2) is 210 Å². The molecule has 604 valence electrons. The molecule has 0 bridgehead atoms. The van der Waals surface area contributed by atoms with Gasteiger partial charge in [-0.2, -0.15) is 0 Å². The van der Waals surface area contributed by atoms with E-state index in [0.29, 0.717) is 18.1 Å². The normalized spacial score (nSPS) is 16.6. The maximum Gasteiger partial charge on any atom is 0.469 e. The monoisotopic (exact) mass is 1830 g/mol. The van der Waals surface area contributed by atoms with E-state index < -0.39 is 210 Å². The van der Waals surface area contributed by atoms with Crippen molar-refractivity contribution in [3.8, 4) is 0 Å². The highest BCUT2D eigenvalue weighted by atomic mass is 28.5. The van der Waals surface area contributed by atoms with E-state index in [2.05, 4.69) is 273 Å². The van der Waals surface area contributed by atoms with Crippen molar-refractivity contribution in [3.63, 3.8) is 0 Å². The molecular weight excluding hydrogens is 1670 g/mol. The molecule has 0 aliphatic rings. The van der Waals surface area contributed by atoms with Crippen molar-refractivity contribution in [3.05, 3.63) is 42.0 Å². The molecular formula is C63H166O15Si24. The number of hydrogen-bond acceptors (Lipinski definition) is 15. The smallest absolute Gasteiger partial charge is 0.461 e. The Labute approximate surface area is 664 Å². The second-order valence-electron chi connectivity index (χ2n) is 41.0. The van der Waals surface area contributed by atoms with Crippen LogP contribution in [-0.2, 0) is 68.1 Å². The number of aryl methyl sites for hydroxylation is 1. The van der Waals surface area contributed by atoms with E-state index in [1.54, 1.807) is 0 Å². The van der Waals surface area contributed by atoms with Gasteiger partial charge in [-0.1, -0.05) is 36.9 Å². The zero-order chi connectivity index (χ0) is 79.3. The topological polar surface area (TPSA) is 138 Å². The van der Waals surface area contributed by atoms with Crippen LogP contribution in [0.3, 0.4) is 0 Å². The first-order chi connectivity index (χ1) is 45.5. The van der Waals surface area contributed by atoms with Crippen molar-refractivity contribution < 1.29 is 61.7 Å².